The van der Waals surface area contributed by atoms with Crippen LogP contribution in [-0.2, 0) is 21.5 Å². The first-order valence-electron chi connectivity index (χ1n) is 9.04. The minimum atomic E-state index is -1.11. The average Bonchev–Trinajstić information content (AvgIpc) is 2.70. The summed E-state index contributed by atoms with van der Waals surface area (Å²) in [4.78, 5) is 28.7. The fraction of sp³-hybridized carbons (Fsp3) is 0.333. The first kappa shape index (κ1) is 19.0. The Balaban J connectivity index is 1.59. The summed E-state index contributed by atoms with van der Waals surface area (Å²) in [7, 11) is 0. The number of nitrogens with zero attached hydrogens (tertiary/aromatic N) is 2. The van der Waals surface area contributed by atoms with E-state index in [0.717, 1.165) is 5.56 Å². The largest absolute Gasteiger partial charge is 0.339 e. The van der Waals surface area contributed by atoms with Crippen LogP contribution in [0.25, 0.3) is 0 Å². The fourth-order valence-corrected chi connectivity index (χ4v) is 3.31. The highest BCUT2D eigenvalue weighted by Crippen LogP contribution is 2.21. The summed E-state index contributed by atoms with van der Waals surface area (Å²) in [6.07, 6.45) is 0.0270. The van der Waals surface area contributed by atoms with Crippen molar-refractivity contribution in [1.82, 2.24) is 9.80 Å². The lowest BCUT2D eigenvalue weighted by molar-refractivity contribution is -0.142. The van der Waals surface area contributed by atoms with Crippen molar-refractivity contribution in [2.45, 2.75) is 18.9 Å². The van der Waals surface area contributed by atoms with Gasteiger partial charge in [0, 0.05) is 26.2 Å². The number of amides is 2. The van der Waals surface area contributed by atoms with Crippen LogP contribution in [0, 0.1) is 5.82 Å². The highest BCUT2D eigenvalue weighted by molar-refractivity contribution is 5.87. The molecule has 2 aromatic rings. The number of halogens is 1. The van der Waals surface area contributed by atoms with Gasteiger partial charge in [-0.15, -0.1) is 0 Å². The van der Waals surface area contributed by atoms with Crippen molar-refractivity contribution in [3.05, 3.63) is 71.5 Å². The van der Waals surface area contributed by atoms with Crippen molar-refractivity contribution < 1.29 is 14.0 Å². The van der Waals surface area contributed by atoms with Gasteiger partial charge in [-0.2, -0.15) is 0 Å². The molecule has 27 heavy (non-hydrogen) atoms. The van der Waals surface area contributed by atoms with E-state index in [0.29, 0.717) is 31.7 Å². The molecule has 0 aliphatic carbocycles. The molecule has 1 aliphatic rings. The van der Waals surface area contributed by atoms with Gasteiger partial charge in [0.05, 0.1) is 6.42 Å². The van der Waals surface area contributed by atoms with E-state index in [4.69, 9.17) is 5.73 Å². The van der Waals surface area contributed by atoms with Gasteiger partial charge < -0.3 is 15.5 Å². The van der Waals surface area contributed by atoms with Gasteiger partial charge in [0.25, 0.3) is 0 Å². The first-order chi connectivity index (χ1) is 12.9. The number of carbonyl (C=O) groups is 2. The SMILES string of the molecule is CC(N)(C(=O)N1CCN(C(=O)Cc2ccccc2F)CC1)c1ccccc1. The second-order valence-electron chi connectivity index (χ2n) is 7.01. The zero-order chi connectivity index (χ0) is 19.4. The van der Waals surface area contributed by atoms with Crippen LogP contribution in [-0.4, -0.2) is 47.8 Å². The van der Waals surface area contributed by atoms with Gasteiger partial charge >= 0.3 is 0 Å². The lowest BCUT2D eigenvalue weighted by Crippen LogP contribution is -2.57. The molecule has 1 aliphatic heterocycles. The molecule has 1 atom stereocenters. The van der Waals surface area contributed by atoms with Gasteiger partial charge in [-0.25, -0.2) is 4.39 Å². The molecule has 6 heteroatoms. The first-order valence-corrected chi connectivity index (χ1v) is 9.04. The molecule has 0 bridgehead atoms. The number of benzene rings is 2. The third-order valence-electron chi connectivity index (χ3n) is 5.04. The van der Waals surface area contributed by atoms with Crippen LogP contribution in [0.15, 0.2) is 54.6 Å². The molecule has 0 spiro atoms. The number of rotatable bonds is 4. The van der Waals surface area contributed by atoms with E-state index in [-0.39, 0.29) is 24.1 Å². The third-order valence-corrected chi connectivity index (χ3v) is 5.04. The normalized spacial score (nSPS) is 16.7. The van der Waals surface area contributed by atoms with Crippen molar-refractivity contribution in [1.29, 1.82) is 0 Å². The van der Waals surface area contributed by atoms with Crippen LogP contribution < -0.4 is 5.73 Å². The standard InChI is InChI=1S/C21H24FN3O2/c1-21(23,17-8-3-2-4-9-17)20(27)25-13-11-24(12-14-25)19(26)15-16-7-5-6-10-18(16)22/h2-10H,11-15,23H2,1H3. The molecular formula is C21H24FN3O2. The lowest BCUT2D eigenvalue weighted by atomic mass is 9.91. The van der Waals surface area contributed by atoms with Gasteiger partial charge in [-0.05, 0) is 24.1 Å². The summed E-state index contributed by atoms with van der Waals surface area (Å²) < 4.78 is 13.7. The van der Waals surface area contributed by atoms with Crippen molar-refractivity contribution in [2.24, 2.45) is 5.73 Å². The quantitative estimate of drug-likeness (QED) is 0.895. The van der Waals surface area contributed by atoms with Crippen molar-refractivity contribution in [3.63, 3.8) is 0 Å². The monoisotopic (exact) mass is 369 g/mol. The molecule has 1 heterocycles. The molecule has 142 valence electrons. The van der Waals surface area contributed by atoms with Crippen LogP contribution in [0.1, 0.15) is 18.1 Å². The van der Waals surface area contributed by atoms with Crippen molar-refractivity contribution >= 4 is 11.8 Å². The molecule has 3 rings (SSSR count). The second kappa shape index (κ2) is 7.88. The van der Waals surface area contributed by atoms with Crippen LogP contribution in [0.3, 0.4) is 0 Å². The topological polar surface area (TPSA) is 66.6 Å². The van der Waals surface area contributed by atoms with Crippen LogP contribution in [0.5, 0.6) is 0 Å². The zero-order valence-corrected chi connectivity index (χ0v) is 15.4. The number of hydrogen-bond donors (Lipinski definition) is 1. The summed E-state index contributed by atoms with van der Waals surface area (Å²) in [5, 5.41) is 0. The lowest BCUT2D eigenvalue weighted by Gasteiger charge is -2.38. The molecular weight excluding hydrogens is 345 g/mol. The molecule has 1 fully saturated rings. The number of carbonyl (C=O) groups excluding carboxylic acids is 2. The van der Waals surface area contributed by atoms with E-state index in [9.17, 15) is 14.0 Å². The van der Waals surface area contributed by atoms with Crippen LogP contribution in [0.2, 0.25) is 0 Å². The number of nitrogens with two attached hydrogens (primary N) is 1. The summed E-state index contributed by atoms with van der Waals surface area (Å²) in [5.41, 5.74) is 6.35. The maximum atomic E-state index is 13.7. The molecule has 2 amide bonds. The molecule has 0 saturated carbocycles. The van der Waals surface area contributed by atoms with Crippen LogP contribution >= 0.6 is 0 Å². The average molecular weight is 369 g/mol. The zero-order valence-electron chi connectivity index (χ0n) is 15.4. The Bertz CT molecular complexity index is 815. The Hall–Kier alpha value is -2.73. The molecule has 0 aromatic heterocycles. The predicted octanol–water partition coefficient (Wildman–Crippen LogP) is 1.91. The van der Waals surface area contributed by atoms with Crippen molar-refractivity contribution in [3.8, 4) is 0 Å². The highest BCUT2D eigenvalue weighted by atomic mass is 19.1. The smallest absolute Gasteiger partial charge is 0.247 e. The van der Waals surface area contributed by atoms with E-state index >= 15 is 0 Å². The number of piperazine rings is 1. The van der Waals surface area contributed by atoms with E-state index in [2.05, 4.69) is 0 Å². The molecule has 2 aromatic carbocycles. The minimum absolute atomic E-state index is 0.0270. The summed E-state index contributed by atoms with van der Waals surface area (Å²) >= 11 is 0. The maximum Gasteiger partial charge on any atom is 0.247 e. The second-order valence-corrected chi connectivity index (χ2v) is 7.01. The van der Waals surface area contributed by atoms with Crippen LogP contribution in [0.4, 0.5) is 4.39 Å². The van der Waals surface area contributed by atoms with Gasteiger partial charge in [-0.1, -0.05) is 48.5 Å². The maximum absolute atomic E-state index is 13.7. The fourth-order valence-electron chi connectivity index (χ4n) is 3.31. The summed E-state index contributed by atoms with van der Waals surface area (Å²) in [6, 6.07) is 15.6. The Morgan fingerprint density at radius 1 is 0.963 bits per heavy atom. The van der Waals surface area contributed by atoms with E-state index in [1.807, 2.05) is 30.3 Å². The highest BCUT2D eigenvalue weighted by Gasteiger charge is 2.36. The molecule has 0 radical (unpaired) electrons. The predicted molar refractivity (Wildman–Crippen MR) is 101 cm³/mol. The van der Waals surface area contributed by atoms with Gasteiger partial charge in [0.2, 0.25) is 11.8 Å². The molecule has 2 N–H and O–H groups in total. The van der Waals surface area contributed by atoms with E-state index in [1.165, 1.54) is 6.07 Å². The molecule has 5 nitrogen and oxygen atoms in total. The van der Waals surface area contributed by atoms with Crippen molar-refractivity contribution in [2.75, 3.05) is 26.2 Å². The van der Waals surface area contributed by atoms with Gasteiger partial charge in [0.15, 0.2) is 0 Å². The molecule has 1 unspecified atom stereocenters. The Morgan fingerprint density at radius 2 is 1.52 bits per heavy atom. The summed E-state index contributed by atoms with van der Waals surface area (Å²) in [6.45, 7) is 3.39. The number of hydrogen-bond acceptors (Lipinski definition) is 3. The van der Waals surface area contributed by atoms with Gasteiger partial charge in [0.1, 0.15) is 11.4 Å². The Labute approximate surface area is 158 Å². The van der Waals surface area contributed by atoms with E-state index < -0.39 is 5.54 Å². The summed E-state index contributed by atoms with van der Waals surface area (Å²) in [5.74, 6) is -0.665. The third kappa shape index (κ3) is 4.17. The molecule has 1 saturated heterocycles. The van der Waals surface area contributed by atoms with Gasteiger partial charge in [-0.3, -0.25) is 9.59 Å². The van der Waals surface area contributed by atoms with E-state index in [1.54, 1.807) is 34.9 Å². The Morgan fingerprint density at radius 3 is 2.15 bits per heavy atom. The Kier molecular flexibility index (Phi) is 5.56. The minimum Gasteiger partial charge on any atom is -0.339 e.